The van der Waals surface area contributed by atoms with E-state index in [4.69, 9.17) is 4.74 Å². The van der Waals surface area contributed by atoms with Gasteiger partial charge in [0.15, 0.2) is 0 Å². The smallest absolute Gasteiger partial charge is 0.326 e. The standard InChI is InChI=1S/C25H32N4O2/c1-3-31-18-24(13-15-29-22-7-5-4-6-21(22)27-23(29)30)12-14-28(17-24)25(10-11-25)20-9-8-19(2)26-16-20/h4-9,16H,3,10-15,17-18H2,1-2H3,(H,27,30)/t24-/m1/s1. The van der Waals surface area contributed by atoms with Crippen LogP contribution in [0.25, 0.3) is 11.0 Å². The Labute approximate surface area is 183 Å². The summed E-state index contributed by atoms with van der Waals surface area (Å²) in [5, 5.41) is 0. The van der Waals surface area contributed by atoms with Crippen molar-refractivity contribution in [3.05, 3.63) is 64.3 Å². The largest absolute Gasteiger partial charge is 0.381 e. The number of aryl methyl sites for hydroxylation is 2. The predicted octanol–water partition coefficient (Wildman–Crippen LogP) is 3.84. The maximum absolute atomic E-state index is 12.6. The number of nitrogens with one attached hydrogen (secondary N) is 1. The van der Waals surface area contributed by atoms with Gasteiger partial charge in [0.05, 0.1) is 17.6 Å². The third-order valence-electron chi connectivity index (χ3n) is 7.38. The zero-order valence-corrected chi connectivity index (χ0v) is 18.6. The molecule has 6 nitrogen and oxygen atoms in total. The van der Waals surface area contributed by atoms with Gasteiger partial charge in [-0.1, -0.05) is 18.2 Å². The van der Waals surface area contributed by atoms with Crippen LogP contribution < -0.4 is 5.69 Å². The number of pyridine rings is 1. The number of fused-ring (bicyclic) bond motifs is 1. The lowest BCUT2D eigenvalue weighted by Crippen LogP contribution is -2.38. The second-order valence-electron chi connectivity index (χ2n) is 9.38. The van der Waals surface area contributed by atoms with Crippen molar-refractivity contribution in [1.29, 1.82) is 0 Å². The molecule has 164 valence electrons. The van der Waals surface area contributed by atoms with E-state index in [1.807, 2.05) is 35.8 Å². The number of H-pyrrole nitrogens is 1. The molecule has 6 heteroatoms. The SMILES string of the molecule is CCOC[C@@]1(CCn2c(=O)[nH]c3ccccc32)CCN(C2(c3ccc(C)nc3)CC2)C1. The van der Waals surface area contributed by atoms with Gasteiger partial charge in [-0.25, -0.2) is 4.79 Å². The first kappa shape index (κ1) is 20.5. The van der Waals surface area contributed by atoms with Crippen molar-refractivity contribution in [3.63, 3.8) is 0 Å². The van der Waals surface area contributed by atoms with Crippen molar-refractivity contribution in [2.24, 2.45) is 5.41 Å². The van der Waals surface area contributed by atoms with E-state index in [0.717, 1.165) is 55.9 Å². The fourth-order valence-corrected chi connectivity index (χ4v) is 5.34. The van der Waals surface area contributed by atoms with Crippen molar-refractivity contribution >= 4 is 11.0 Å². The van der Waals surface area contributed by atoms with Gasteiger partial charge in [-0.05, 0) is 69.8 Å². The highest BCUT2D eigenvalue weighted by Crippen LogP contribution is 2.54. The monoisotopic (exact) mass is 420 g/mol. The van der Waals surface area contributed by atoms with Gasteiger partial charge in [0.1, 0.15) is 0 Å². The summed E-state index contributed by atoms with van der Waals surface area (Å²) in [5.74, 6) is 0. The van der Waals surface area contributed by atoms with Crippen molar-refractivity contribution in [1.82, 2.24) is 19.4 Å². The average Bonchev–Trinajstić information content (AvgIpc) is 3.37. The molecule has 1 atom stereocenters. The Bertz CT molecular complexity index is 1110. The van der Waals surface area contributed by atoms with E-state index >= 15 is 0 Å². The van der Waals surface area contributed by atoms with Crippen LogP contribution in [0.3, 0.4) is 0 Å². The molecular weight excluding hydrogens is 388 g/mol. The Morgan fingerprint density at radius 1 is 1.16 bits per heavy atom. The first-order valence-corrected chi connectivity index (χ1v) is 11.5. The molecule has 1 saturated heterocycles. The molecule has 2 aliphatic rings. The van der Waals surface area contributed by atoms with Crippen molar-refractivity contribution < 1.29 is 4.74 Å². The number of hydrogen-bond acceptors (Lipinski definition) is 4. The molecule has 1 aliphatic carbocycles. The topological polar surface area (TPSA) is 63.1 Å². The summed E-state index contributed by atoms with van der Waals surface area (Å²) in [7, 11) is 0. The van der Waals surface area contributed by atoms with Gasteiger partial charge >= 0.3 is 5.69 Å². The van der Waals surface area contributed by atoms with Crippen LogP contribution in [0.15, 0.2) is 47.4 Å². The van der Waals surface area contributed by atoms with Crippen LogP contribution in [0.4, 0.5) is 0 Å². The average molecular weight is 421 g/mol. The minimum absolute atomic E-state index is 0.0213. The molecule has 0 bridgehead atoms. The quantitative estimate of drug-likeness (QED) is 0.601. The van der Waals surface area contributed by atoms with Crippen molar-refractivity contribution in [2.75, 3.05) is 26.3 Å². The van der Waals surface area contributed by atoms with E-state index in [0.29, 0.717) is 6.54 Å². The number of para-hydroxylation sites is 2. The Balaban J connectivity index is 1.36. The summed E-state index contributed by atoms with van der Waals surface area (Å²) in [6.07, 6.45) is 6.50. The van der Waals surface area contributed by atoms with Crippen LogP contribution in [0.1, 0.15) is 43.9 Å². The van der Waals surface area contributed by atoms with Gasteiger partial charge in [0.25, 0.3) is 0 Å². The van der Waals surface area contributed by atoms with Gasteiger partial charge in [0, 0.05) is 42.5 Å². The molecule has 0 amide bonds. The van der Waals surface area contributed by atoms with Crippen LogP contribution in [-0.4, -0.2) is 45.7 Å². The fraction of sp³-hybridized carbons (Fsp3) is 0.520. The minimum Gasteiger partial charge on any atom is -0.381 e. The molecule has 31 heavy (non-hydrogen) atoms. The van der Waals surface area contributed by atoms with Gasteiger partial charge in [-0.2, -0.15) is 0 Å². The number of aromatic amines is 1. The number of benzene rings is 1. The van der Waals surface area contributed by atoms with Crippen molar-refractivity contribution in [2.45, 2.75) is 51.6 Å². The molecule has 0 spiro atoms. The molecule has 2 fully saturated rings. The number of likely N-dealkylation sites (tertiary alicyclic amines) is 1. The first-order chi connectivity index (χ1) is 15.1. The Hall–Kier alpha value is -2.44. The zero-order valence-electron chi connectivity index (χ0n) is 18.6. The Kier molecular flexibility index (Phi) is 5.22. The lowest BCUT2D eigenvalue weighted by atomic mass is 9.84. The summed E-state index contributed by atoms with van der Waals surface area (Å²) in [5.41, 5.74) is 4.50. The maximum atomic E-state index is 12.6. The van der Waals surface area contributed by atoms with Crippen LogP contribution in [0.2, 0.25) is 0 Å². The van der Waals surface area contributed by atoms with Crippen LogP contribution in [0.5, 0.6) is 0 Å². The Morgan fingerprint density at radius 3 is 2.74 bits per heavy atom. The number of aromatic nitrogens is 3. The summed E-state index contributed by atoms with van der Waals surface area (Å²) in [4.78, 5) is 22.8. The summed E-state index contributed by atoms with van der Waals surface area (Å²) in [6, 6.07) is 12.3. The Morgan fingerprint density at radius 2 is 2.00 bits per heavy atom. The van der Waals surface area contributed by atoms with E-state index in [9.17, 15) is 4.79 Å². The maximum Gasteiger partial charge on any atom is 0.326 e. The van der Waals surface area contributed by atoms with E-state index in [1.165, 1.54) is 18.4 Å². The second-order valence-corrected chi connectivity index (χ2v) is 9.38. The number of imidazole rings is 1. The molecular formula is C25H32N4O2. The number of ether oxygens (including phenoxy) is 1. The van der Waals surface area contributed by atoms with Gasteiger partial charge in [0.2, 0.25) is 0 Å². The molecule has 3 aromatic rings. The molecule has 1 N–H and O–H groups in total. The molecule has 0 unspecified atom stereocenters. The normalized spacial score (nSPS) is 22.9. The van der Waals surface area contributed by atoms with Crippen molar-refractivity contribution in [3.8, 4) is 0 Å². The molecule has 3 heterocycles. The highest BCUT2D eigenvalue weighted by atomic mass is 16.5. The minimum atomic E-state index is -0.0213. The number of rotatable bonds is 8. The van der Waals surface area contributed by atoms with E-state index < -0.39 is 0 Å². The molecule has 5 rings (SSSR count). The highest BCUT2D eigenvalue weighted by Gasteiger charge is 2.54. The summed E-state index contributed by atoms with van der Waals surface area (Å²) < 4.78 is 7.87. The van der Waals surface area contributed by atoms with E-state index in [1.54, 1.807) is 0 Å². The second kappa shape index (κ2) is 7.92. The fourth-order valence-electron chi connectivity index (χ4n) is 5.34. The lowest BCUT2D eigenvalue weighted by Gasteiger charge is -2.33. The molecule has 1 aliphatic heterocycles. The predicted molar refractivity (Wildman–Crippen MR) is 122 cm³/mol. The molecule has 0 radical (unpaired) electrons. The third-order valence-corrected chi connectivity index (χ3v) is 7.38. The summed E-state index contributed by atoms with van der Waals surface area (Å²) in [6.45, 7) is 8.37. The first-order valence-electron chi connectivity index (χ1n) is 11.5. The zero-order chi connectivity index (χ0) is 21.5. The third kappa shape index (κ3) is 3.72. The molecule has 1 aromatic carbocycles. The molecule has 1 saturated carbocycles. The lowest BCUT2D eigenvalue weighted by molar-refractivity contribution is 0.0416. The summed E-state index contributed by atoms with van der Waals surface area (Å²) >= 11 is 0. The van der Waals surface area contributed by atoms with E-state index in [-0.39, 0.29) is 16.6 Å². The van der Waals surface area contributed by atoms with E-state index in [2.05, 4.69) is 40.1 Å². The van der Waals surface area contributed by atoms with Gasteiger partial charge in [-0.3, -0.25) is 14.5 Å². The van der Waals surface area contributed by atoms with Crippen LogP contribution in [0, 0.1) is 12.3 Å². The van der Waals surface area contributed by atoms with Gasteiger partial charge in [-0.15, -0.1) is 0 Å². The van der Waals surface area contributed by atoms with Crippen LogP contribution in [-0.2, 0) is 16.8 Å². The van der Waals surface area contributed by atoms with Crippen LogP contribution >= 0.6 is 0 Å². The number of nitrogens with zero attached hydrogens (tertiary/aromatic N) is 3. The number of hydrogen-bond donors (Lipinski definition) is 1. The molecule has 2 aromatic heterocycles. The highest BCUT2D eigenvalue weighted by molar-refractivity contribution is 5.74. The van der Waals surface area contributed by atoms with Gasteiger partial charge < -0.3 is 9.72 Å².